The molecule has 19 nitrogen and oxygen atoms in total. The van der Waals surface area contributed by atoms with Crippen LogP contribution < -0.4 is 16.0 Å². The molecule has 2 aromatic carbocycles. The minimum absolute atomic E-state index is 0.0603. The van der Waals surface area contributed by atoms with Crippen LogP contribution >= 0.6 is 0 Å². The molecule has 6 heterocycles. The quantitative estimate of drug-likeness (QED) is 0.0309. The molecule has 0 spiro atoms. The highest BCUT2D eigenvalue weighted by Gasteiger charge is 2.47. The van der Waals surface area contributed by atoms with Crippen molar-refractivity contribution >= 4 is 57.4 Å². The lowest BCUT2D eigenvalue weighted by Gasteiger charge is -2.46. The Hall–Kier alpha value is -6.28. The van der Waals surface area contributed by atoms with Crippen molar-refractivity contribution in [3.05, 3.63) is 83.8 Å². The number of rotatable bonds is 20. The maximum atomic E-state index is 13.4. The summed E-state index contributed by atoms with van der Waals surface area (Å²) in [5.74, 6) is 0.310. The van der Waals surface area contributed by atoms with Gasteiger partial charge in [0, 0.05) is 55.9 Å². The lowest BCUT2D eigenvalue weighted by atomic mass is 9.76. The van der Waals surface area contributed by atoms with Crippen molar-refractivity contribution in [3.63, 3.8) is 0 Å². The summed E-state index contributed by atoms with van der Waals surface area (Å²) in [5, 5.41) is 31.7. The van der Waals surface area contributed by atoms with Crippen LogP contribution in [0.1, 0.15) is 131 Å². The third-order valence-corrected chi connectivity index (χ3v) is 14.5. The van der Waals surface area contributed by atoms with E-state index in [1.807, 2.05) is 0 Å². The van der Waals surface area contributed by atoms with Gasteiger partial charge in [0.2, 0.25) is 5.91 Å². The molecule has 3 fully saturated rings. The Labute approximate surface area is 413 Å². The number of unbranched alkanes of at least 4 members (excludes halogenated alkanes) is 2. The molecule has 3 aromatic heterocycles. The Morgan fingerprint density at radius 2 is 1.83 bits per heavy atom. The molecule has 0 radical (unpaired) electrons. The number of aromatic amines is 1. The number of H-pyrrole nitrogens is 1. The largest absolute Gasteiger partial charge is 0.464 e. The third-order valence-electron chi connectivity index (χ3n) is 14.5. The Morgan fingerprint density at radius 1 is 1.01 bits per heavy atom. The summed E-state index contributed by atoms with van der Waals surface area (Å²) in [6.07, 6.45) is 6.40. The highest BCUT2D eigenvalue weighted by atomic mass is 16.6. The predicted octanol–water partition coefficient (Wildman–Crippen LogP) is 5.76. The van der Waals surface area contributed by atoms with Gasteiger partial charge in [-0.1, -0.05) is 45.9 Å². The molecular formula is C52H67N11O8. The molecule has 5 atom stereocenters. The summed E-state index contributed by atoms with van der Waals surface area (Å²) in [7, 11) is 0. The molecule has 6 N–H and O–H groups in total. The summed E-state index contributed by atoms with van der Waals surface area (Å²) >= 11 is 0. The van der Waals surface area contributed by atoms with Crippen LogP contribution in [-0.2, 0) is 30.9 Å². The number of amides is 3. The summed E-state index contributed by atoms with van der Waals surface area (Å²) in [6, 6.07) is 11.1. The van der Waals surface area contributed by atoms with Crippen LogP contribution in [0.2, 0.25) is 0 Å². The van der Waals surface area contributed by atoms with Gasteiger partial charge in [-0.2, -0.15) is 0 Å². The highest BCUT2D eigenvalue weighted by molar-refractivity contribution is 6.25. The van der Waals surface area contributed by atoms with E-state index in [2.05, 4.69) is 100 Å². The highest BCUT2D eigenvalue weighted by Crippen LogP contribution is 2.39. The number of carbonyl (C=O) groups is 4. The number of imide groups is 1. The number of fused-ring (bicyclic) bond motifs is 3. The van der Waals surface area contributed by atoms with E-state index in [1.54, 1.807) is 29.1 Å². The molecule has 1 aliphatic carbocycles. The number of aryl methyl sites for hydroxylation is 1. The standard InChI is InChI=1S/C52H67N11O8/c1-29(2)61(33-23-31(24-33)15-19-40-59-35-17-16-32(52(4,5)6)25-37(35)60-40)26-39-44(65)45(66)51(71-39)62-28-57-43-46(55-27-56-47(43)62)54-20-9-7-8-13-41(64)70-22-21-53-36-12-10-11-34-42(36)50(69)63(49(34)68)38-18-14-30(3)58-48(38)67/h10-12,16-17,25,27-29,31,33,38-39,44-45,51,53,65-66H,3,7-9,13-15,18-24,26H2,1-2,4-6H3,(H,58,67)(H,59,60)(H,54,55,56)/t31?,33?,38?,39-,44?,45+,51-/m1/s1. The number of hydrogen-bond donors (Lipinski definition) is 6. The number of benzene rings is 2. The molecule has 71 heavy (non-hydrogen) atoms. The van der Waals surface area contributed by atoms with Crippen LogP contribution in [0.5, 0.6) is 0 Å². The normalized spacial score (nSPS) is 23.5. The number of aliphatic hydroxyl groups excluding tert-OH is 2. The lowest BCUT2D eigenvalue weighted by Crippen LogP contribution is -2.52. The first-order valence-corrected chi connectivity index (χ1v) is 25.1. The van der Waals surface area contributed by atoms with Gasteiger partial charge in [-0.15, -0.1) is 0 Å². The Kier molecular flexibility index (Phi) is 14.6. The number of imidazole rings is 2. The SMILES string of the molecule is C=C1CCC(N2C(=O)c3cccc(NCCOC(=O)CCCCCNc4ncnc5c4ncn5[C@@H]4O[C@H](CN(C(C)C)C5CC(CCc6nc7ccc(C(C)(C)C)cc7[nH]6)C5)C(O)[C@@H]4O)c3C2=O)C(=O)N1. The molecule has 0 bridgehead atoms. The number of aromatic nitrogens is 6. The number of piperidine rings is 1. The van der Waals surface area contributed by atoms with Crippen LogP contribution in [-0.4, -0.2) is 136 Å². The monoisotopic (exact) mass is 974 g/mol. The van der Waals surface area contributed by atoms with Gasteiger partial charge in [0.1, 0.15) is 43.1 Å². The lowest BCUT2D eigenvalue weighted by molar-refractivity contribution is -0.143. The number of nitrogens with zero attached hydrogens (tertiary/aromatic N) is 7. The van der Waals surface area contributed by atoms with Crippen molar-refractivity contribution in [3.8, 4) is 0 Å². The van der Waals surface area contributed by atoms with Gasteiger partial charge in [-0.3, -0.25) is 33.5 Å². The van der Waals surface area contributed by atoms with Gasteiger partial charge >= 0.3 is 5.97 Å². The molecule has 4 aliphatic rings. The second-order valence-corrected chi connectivity index (χ2v) is 20.8. The van der Waals surface area contributed by atoms with Crippen molar-refractivity contribution in [1.82, 2.24) is 44.6 Å². The van der Waals surface area contributed by atoms with E-state index < -0.39 is 48.3 Å². The number of hydrogen-bond acceptors (Lipinski definition) is 15. The van der Waals surface area contributed by atoms with Crippen molar-refractivity contribution < 1.29 is 38.9 Å². The van der Waals surface area contributed by atoms with Gasteiger partial charge in [0.05, 0.1) is 28.5 Å². The number of allylic oxidation sites excluding steroid dienone is 1. The third kappa shape index (κ3) is 10.5. The average Bonchev–Trinajstić information content (AvgIpc) is 4.07. The minimum atomic E-state index is -1.19. The zero-order valence-corrected chi connectivity index (χ0v) is 41.3. The summed E-state index contributed by atoms with van der Waals surface area (Å²) < 4.78 is 13.5. The topological polar surface area (TPSA) is 242 Å². The van der Waals surface area contributed by atoms with E-state index in [-0.39, 0.29) is 48.1 Å². The number of nitrogens with one attached hydrogen (secondary N) is 4. The van der Waals surface area contributed by atoms with Crippen molar-refractivity contribution in [1.29, 1.82) is 0 Å². The molecule has 5 aromatic rings. The van der Waals surface area contributed by atoms with Crippen LogP contribution in [0.15, 0.2) is 61.3 Å². The van der Waals surface area contributed by atoms with E-state index >= 15 is 0 Å². The Morgan fingerprint density at radius 3 is 2.61 bits per heavy atom. The van der Waals surface area contributed by atoms with E-state index in [0.717, 1.165) is 60.3 Å². The van der Waals surface area contributed by atoms with E-state index in [9.17, 15) is 29.4 Å². The smallest absolute Gasteiger partial charge is 0.305 e. The fourth-order valence-corrected chi connectivity index (χ4v) is 10.4. The van der Waals surface area contributed by atoms with Crippen molar-refractivity contribution in [2.75, 3.05) is 36.9 Å². The number of carbonyl (C=O) groups excluding carboxylic acids is 4. The molecule has 9 rings (SSSR count). The first kappa shape index (κ1) is 49.7. The second kappa shape index (κ2) is 20.8. The number of anilines is 2. The number of aliphatic hydroxyl groups is 2. The molecule has 1 saturated carbocycles. The van der Waals surface area contributed by atoms with Crippen LogP contribution in [0.4, 0.5) is 11.5 Å². The van der Waals surface area contributed by atoms with Crippen molar-refractivity contribution in [2.24, 2.45) is 5.92 Å². The van der Waals surface area contributed by atoms with Gasteiger partial charge in [0.15, 0.2) is 23.2 Å². The summed E-state index contributed by atoms with van der Waals surface area (Å²) in [6.45, 7) is 16.1. The predicted molar refractivity (Wildman–Crippen MR) is 266 cm³/mol. The van der Waals surface area contributed by atoms with Gasteiger partial charge in [0.25, 0.3) is 11.8 Å². The summed E-state index contributed by atoms with van der Waals surface area (Å²) in [4.78, 5) is 77.0. The first-order chi connectivity index (χ1) is 34.0. The minimum Gasteiger partial charge on any atom is -0.464 e. The molecule has 19 heteroatoms. The Balaban J connectivity index is 0.689. The fourth-order valence-electron chi connectivity index (χ4n) is 10.4. The molecule has 3 amide bonds. The zero-order valence-electron chi connectivity index (χ0n) is 41.3. The maximum absolute atomic E-state index is 13.4. The van der Waals surface area contributed by atoms with E-state index in [1.165, 1.54) is 11.9 Å². The molecule has 2 saturated heterocycles. The summed E-state index contributed by atoms with van der Waals surface area (Å²) in [5.41, 5.74) is 5.85. The molecular weight excluding hydrogens is 907 g/mol. The van der Waals surface area contributed by atoms with Gasteiger partial charge < -0.3 is 40.6 Å². The fraction of sp³-hybridized carbons (Fsp3) is 0.538. The Bertz CT molecular complexity index is 2790. The molecule has 2 unspecified atom stereocenters. The molecule has 3 aliphatic heterocycles. The van der Waals surface area contributed by atoms with Crippen LogP contribution in [0.3, 0.4) is 0 Å². The van der Waals surface area contributed by atoms with Gasteiger partial charge in [-0.05, 0) is 100.0 Å². The zero-order chi connectivity index (χ0) is 50.1. The van der Waals surface area contributed by atoms with Gasteiger partial charge in [-0.25, -0.2) is 19.9 Å². The van der Waals surface area contributed by atoms with E-state index in [4.69, 9.17) is 14.5 Å². The number of esters is 1. The van der Waals surface area contributed by atoms with Crippen LogP contribution in [0, 0.1) is 5.92 Å². The van der Waals surface area contributed by atoms with Crippen molar-refractivity contribution in [2.45, 2.75) is 147 Å². The maximum Gasteiger partial charge on any atom is 0.305 e. The van der Waals surface area contributed by atoms with Crippen LogP contribution in [0.25, 0.3) is 22.2 Å². The second-order valence-electron chi connectivity index (χ2n) is 20.8. The molecule has 378 valence electrons. The average molecular weight is 974 g/mol. The first-order valence-electron chi connectivity index (χ1n) is 25.1. The number of ether oxygens (including phenoxy) is 2. The van der Waals surface area contributed by atoms with E-state index in [0.29, 0.717) is 72.7 Å².